The fraction of sp³-hybridized carbons (Fsp3) is 0.400. The number of aryl methyl sites for hydroxylation is 2. The van der Waals surface area contributed by atoms with Crippen molar-refractivity contribution in [3.05, 3.63) is 52.9 Å². The van der Waals surface area contributed by atoms with E-state index in [1.165, 1.54) is 6.07 Å². The van der Waals surface area contributed by atoms with Gasteiger partial charge in [0.25, 0.3) is 0 Å². The van der Waals surface area contributed by atoms with Gasteiger partial charge in [0.15, 0.2) is 11.6 Å². The molecule has 1 heterocycles. The summed E-state index contributed by atoms with van der Waals surface area (Å²) in [5.41, 5.74) is 2.61. The Labute approximate surface area is 117 Å². The third-order valence-corrected chi connectivity index (χ3v) is 3.31. The SMILES string of the molecule is CCNC(c1ccc(F)c(F)c1)c1cc(CC)nn1C. The number of hydrogen-bond acceptors (Lipinski definition) is 2. The van der Waals surface area contributed by atoms with Crippen LogP contribution in [0.2, 0.25) is 0 Å². The molecule has 0 bridgehead atoms. The van der Waals surface area contributed by atoms with E-state index in [1.807, 2.05) is 27.0 Å². The molecule has 1 aromatic heterocycles. The van der Waals surface area contributed by atoms with Crippen molar-refractivity contribution in [1.82, 2.24) is 15.1 Å². The zero-order valence-electron chi connectivity index (χ0n) is 12.0. The number of rotatable bonds is 5. The zero-order valence-corrected chi connectivity index (χ0v) is 12.0. The topological polar surface area (TPSA) is 29.9 Å². The molecular weight excluding hydrogens is 260 g/mol. The van der Waals surface area contributed by atoms with Crippen LogP contribution >= 0.6 is 0 Å². The molecule has 0 radical (unpaired) electrons. The van der Waals surface area contributed by atoms with Crippen molar-refractivity contribution in [3.63, 3.8) is 0 Å². The Bertz CT molecular complexity index is 593. The van der Waals surface area contributed by atoms with Gasteiger partial charge >= 0.3 is 0 Å². The second-order valence-corrected chi connectivity index (χ2v) is 4.70. The van der Waals surface area contributed by atoms with Crippen LogP contribution in [0.15, 0.2) is 24.3 Å². The van der Waals surface area contributed by atoms with Crippen LogP contribution in [0.4, 0.5) is 8.78 Å². The Morgan fingerprint density at radius 3 is 2.50 bits per heavy atom. The first-order valence-corrected chi connectivity index (χ1v) is 6.78. The predicted molar refractivity (Wildman–Crippen MR) is 74.5 cm³/mol. The van der Waals surface area contributed by atoms with Crippen molar-refractivity contribution < 1.29 is 8.78 Å². The van der Waals surface area contributed by atoms with E-state index in [2.05, 4.69) is 10.4 Å². The summed E-state index contributed by atoms with van der Waals surface area (Å²) in [7, 11) is 1.86. The van der Waals surface area contributed by atoms with Gasteiger partial charge in [-0.05, 0) is 36.7 Å². The van der Waals surface area contributed by atoms with Crippen molar-refractivity contribution in [1.29, 1.82) is 0 Å². The summed E-state index contributed by atoms with van der Waals surface area (Å²) in [6, 6.07) is 5.79. The fourth-order valence-electron chi connectivity index (χ4n) is 2.28. The molecule has 0 spiro atoms. The molecule has 1 unspecified atom stereocenters. The average molecular weight is 279 g/mol. The van der Waals surface area contributed by atoms with E-state index in [-0.39, 0.29) is 6.04 Å². The highest BCUT2D eigenvalue weighted by molar-refractivity contribution is 5.30. The van der Waals surface area contributed by atoms with Gasteiger partial charge in [-0.3, -0.25) is 4.68 Å². The molecule has 1 atom stereocenters. The van der Waals surface area contributed by atoms with E-state index in [4.69, 9.17) is 0 Å². The van der Waals surface area contributed by atoms with Gasteiger partial charge < -0.3 is 5.32 Å². The van der Waals surface area contributed by atoms with E-state index in [0.717, 1.165) is 30.4 Å². The minimum absolute atomic E-state index is 0.201. The number of aromatic nitrogens is 2. The summed E-state index contributed by atoms with van der Waals surface area (Å²) in [4.78, 5) is 0. The predicted octanol–water partition coefficient (Wildman–Crippen LogP) is 2.96. The fourth-order valence-corrected chi connectivity index (χ4v) is 2.28. The van der Waals surface area contributed by atoms with Crippen LogP contribution in [-0.4, -0.2) is 16.3 Å². The first-order valence-electron chi connectivity index (χ1n) is 6.78. The molecule has 0 aliphatic heterocycles. The van der Waals surface area contributed by atoms with Crippen LogP contribution in [0.25, 0.3) is 0 Å². The number of benzene rings is 1. The van der Waals surface area contributed by atoms with Crippen LogP contribution in [0, 0.1) is 11.6 Å². The molecule has 108 valence electrons. The summed E-state index contributed by atoms with van der Waals surface area (Å²) in [5.74, 6) is -1.66. The number of halogens is 2. The summed E-state index contributed by atoms with van der Waals surface area (Å²) >= 11 is 0. The minimum Gasteiger partial charge on any atom is -0.305 e. The van der Waals surface area contributed by atoms with E-state index in [1.54, 1.807) is 10.7 Å². The number of nitrogens with one attached hydrogen (secondary N) is 1. The Morgan fingerprint density at radius 1 is 1.20 bits per heavy atom. The maximum atomic E-state index is 13.4. The van der Waals surface area contributed by atoms with Gasteiger partial charge in [-0.25, -0.2) is 8.78 Å². The van der Waals surface area contributed by atoms with Crippen molar-refractivity contribution in [2.24, 2.45) is 7.05 Å². The van der Waals surface area contributed by atoms with E-state index >= 15 is 0 Å². The van der Waals surface area contributed by atoms with Gasteiger partial charge in [-0.15, -0.1) is 0 Å². The lowest BCUT2D eigenvalue weighted by molar-refractivity contribution is 0.501. The Morgan fingerprint density at radius 2 is 1.95 bits per heavy atom. The van der Waals surface area contributed by atoms with Crippen LogP contribution < -0.4 is 5.32 Å². The van der Waals surface area contributed by atoms with Crippen molar-refractivity contribution >= 4 is 0 Å². The molecule has 1 N–H and O–H groups in total. The number of hydrogen-bond donors (Lipinski definition) is 1. The third-order valence-electron chi connectivity index (χ3n) is 3.31. The molecule has 2 rings (SSSR count). The van der Waals surface area contributed by atoms with Crippen LogP contribution in [0.3, 0.4) is 0 Å². The maximum Gasteiger partial charge on any atom is 0.159 e. The lowest BCUT2D eigenvalue weighted by Crippen LogP contribution is -2.24. The third kappa shape index (κ3) is 2.88. The van der Waals surface area contributed by atoms with Gasteiger partial charge in [-0.2, -0.15) is 5.10 Å². The molecule has 0 aliphatic carbocycles. The van der Waals surface area contributed by atoms with E-state index in [9.17, 15) is 8.78 Å². The molecule has 0 saturated heterocycles. The highest BCUT2D eigenvalue weighted by Gasteiger charge is 2.19. The highest BCUT2D eigenvalue weighted by Crippen LogP contribution is 2.24. The zero-order chi connectivity index (χ0) is 14.7. The Balaban J connectivity index is 2.44. The monoisotopic (exact) mass is 279 g/mol. The van der Waals surface area contributed by atoms with Crippen LogP contribution in [-0.2, 0) is 13.5 Å². The average Bonchev–Trinajstić information content (AvgIpc) is 2.80. The molecule has 0 saturated carbocycles. The summed E-state index contributed by atoms with van der Waals surface area (Å²) < 4.78 is 28.3. The lowest BCUT2D eigenvalue weighted by atomic mass is 10.0. The molecule has 0 amide bonds. The smallest absolute Gasteiger partial charge is 0.159 e. The van der Waals surface area contributed by atoms with E-state index in [0.29, 0.717) is 5.56 Å². The maximum absolute atomic E-state index is 13.4. The Hall–Kier alpha value is -1.75. The van der Waals surface area contributed by atoms with Gasteiger partial charge in [-0.1, -0.05) is 19.9 Å². The molecule has 2 aromatic rings. The minimum atomic E-state index is -0.830. The first kappa shape index (κ1) is 14.7. The summed E-state index contributed by atoms with van der Waals surface area (Å²) in [5, 5.41) is 7.70. The second kappa shape index (κ2) is 6.13. The van der Waals surface area contributed by atoms with E-state index < -0.39 is 11.6 Å². The second-order valence-electron chi connectivity index (χ2n) is 4.70. The first-order chi connectivity index (χ1) is 9.56. The molecule has 5 heteroatoms. The lowest BCUT2D eigenvalue weighted by Gasteiger charge is -2.18. The van der Waals surface area contributed by atoms with Gasteiger partial charge in [0, 0.05) is 7.05 Å². The van der Waals surface area contributed by atoms with Crippen molar-refractivity contribution in [3.8, 4) is 0 Å². The van der Waals surface area contributed by atoms with Gasteiger partial charge in [0.2, 0.25) is 0 Å². The van der Waals surface area contributed by atoms with Crippen LogP contribution in [0.5, 0.6) is 0 Å². The molecule has 20 heavy (non-hydrogen) atoms. The molecular formula is C15H19F2N3. The Kier molecular flexibility index (Phi) is 4.49. The van der Waals surface area contributed by atoms with Crippen molar-refractivity contribution in [2.45, 2.75) is 26.3 Å². The summed E-state index contributed by atoms with van der Waals surface area (Å²) in [6.07, 6.45) is 0.838. The molecule has 1 aromatic carbocycles. The highest BCUT2D eigenvalue weighted by atomic mass is 19.2. The van der Waals surface area contributed by atoms with Crippen molar-refractivity contribution in [2.75, 3.05) is 6.54 Å². The van der Waals surface area contributed by atoms with Crippen LogP contribution in [0.1, 0.15) is 36.8 Å². The molecule has 3 nitrogen and oxygen atoms in total. The van der Waals surface area contributed by atoms with Gasteiger partial charge in [0.1, 0.15) is 0 Å². The number of nitrogens with zero attached hydrogens (tertiary/aromatic N) is 2. The standard InChI is InChI=1S/C15H19F2N3/c1-4-11-9-14(20(3)19-11)15(18-5-2)10-6-7-12(16)13(17)8-10/h6-9,15,18H,4-5H2,1-3H3. The van der Waals surface area contributed by atoms with Gasteiger partial charge in [0.05, 0.1) is 17.4 Å². The quantitative estimate of drug-likeness (QED) is 0.912. The normalized spacial score (nSPS) is 12.7. The largest absolute Gasteiger partial charge is 0.305 e. The molecule has 0 fully saturated rings. The summed E-state index contributed by atoms with van der Waals surface area (Å²) in [6.45, 7) is 4.73. The molecule has 0 aliphatic rings.